The first kappa shape index (κ1) is 50.4. The maximum atomic E-state index is 16.1. The summed E-state index contributed by atoms with van der Waals surface area (Å²) in [5.41, 5.74) is -10.2. The lowest BCUT2D eigenvalue weighted by molar-refractivity contribution is -0.386. The Morgan fingerprint density at radius 3 is 0.600 bits per heavy atom. The first-order valence-corrected chi connectivity index (χ1v) is 22.0. The maximum Gasteiger partial charge on any atom is 0.408 e. The summed E-state index contributed by atoms with van der Waals surface area (Å²) in [6, 6.07) is 0. The largest absolute Gasteiger partial charge is 0.465 e. The summed E-state index contributed by atoms with van der Waals surface area (Å²) in [5, 5.41) is 13.2. The molecule has 0 aromatic heterocycles. The van der Waals surface area contributed by atoms with E-state index >= 15 is 4.79 Å². The van der Waals surface area contributed by atoms with Gasteiger partial charge in [-0.3, -0.25) is 9.80 Å². The van der Waals surface area contributed by atoms with Crippen LogP contribution in [0.15, 0.2) is 0 Å². The van der Waals surface area contributed by atoms with Crippen LogP contribution >= 0.6 is 0 Å². The Balaban J connectivity index is 4.74. The standard InChI is InChI=1S/C51H100N2O2/c1-35(2,3)46(36(4,5)6)47(37(7,8)9,38(10,11)12)51(44(28,29)30)49(41(19,20)21,42(22,23)24)53(45(31,32)33)48(39(13,14)15,40(16,17)18)50(46,43(25,26)27)52(51)34(54)55/h1-33H3,(H,54,55). The summed E-state index contributed by atoms with van der Waals surface area (Å²) in [5.74, 6) is 0. The van der Waals surface area contributed by atoms with Crippen LogP contribution in [0.1, 0.15) is 228 Å². The highest BCUT2D eigenvalue weighted by molar-refractivity contribution is 5.75. The van der Waals surface area contributed by atoms with Gasteiger partial charge in [0.25, 0.3) is 0 Å². The average molecular weight is 773 g/mol. The Labute approximate surface area is 345 Å². The molecule has 2 unspecified atom stereocenters. The molecule has 326 valence electrons. The molecule has 2 fully saturated rings. The fraction of sp³-hybridized carbons (Fsp3) is 0.980. The third kappa shape index (κ3) is 4.94. The zero-order valence-corrected chi connectivity index (χ0v) is 43.7. The molecule has 4 nitrogen and oxygen atoms in total. The smallest absolute Gasteiger partial charge is 0.408 e. The number of amides is 1. The lowest BCUT2D eigenvalue weighted by Gasteiger charge is -2.88. The predicted molar refractivity (Wildman–Crippen MR) is 242 cm³/mol. The van der Waals surface area contributed by atoms with Crippen molar-refractivity contribution in [3.8, 4) is 0 Å². The van der Waals surface area contributed by atoms with E-state index < -0.39 is 98.8 Å². The second-order valence-corrected chi connectivity index (χ2v) is 30.0. The van der Waals surface area contributed by atoms with Crippen LogP contribution in [0.2, 0.25) is 0 Å². The number of carboxylic acid groups (broad SMARTS) is 1. The van der Waals surface area contributed by atoms with Gasteiger partial charge in [0.1, 0.15) is 0 Å². The Kier molecular flexibility index (Phi) is 10.9. The molecule has 0 spiro atoms. The molecule has 1 N–H and O–H groups in total. The molecule has 2 aliphatic heterocycles. The normalized spacial score (nSPS) is 27.4. The van der Waals surface area contributed by atoms with Crippen LogP contribution in [0.25, 0.3) is 0 Å². The predicted octanol–water partition coefficient (Wildman–Crippen LogP) is 15.5. The minimum Gasteiger partial charge on any atom is -0.465 e. The highest BCUT2D eigenvalue weighted by atomic mass is 16.4. The molecule has 2 aliphatic rings. The van der Waals surface area contributed by atoms with E-state index in [9.17, 15) is 5.11 Å². The van der Waals surface area contributed by atoms with Crippen molar-refractivity contribution in [1.29, 1.82) is 0 Å². The number of piperazine rings is 1. The summed E-state index contributed by atoms with van der Waals surface area (Å²) in [6.07, 6.45) is -0.776. The molecule has 2 bridgehead atoms. The monoisotopic (exact) mass is 773 g/mol. The van der Waals surface area contributed by atoms with E-state index in [0.29, 0.717) is 0 Å². The van der Waals surface area contributed by atoms with Crippen LogP contribution in [0, 0.1) is 65.0 Å². The molecule has 2 heterocycles. The number of carbonyl (C=O) groups is 1. The van der Waals surface area contributed by atoms with Crippen LogP contribution in [0.4, 0.5) is 4.79 Å². The van der Waals surface area contributed by atoms with E-state index in [0.717, 1.165) is 0 Å². The van der Waals surface area contributed by atoms with E-state index in [2.05, 4.69) is 238 Å². The van der Waals surface area contributed by atoms with E-state index in [-0.39, 0.29) is 0 Å². The van der Waals surface area contributed by atoms with Crippen molar-refractivity contribution < 1.29 is 9.90 Å². The fourth-order valence-corrected chi connectivity index (χ4v) is 19.2. The van der Waals surface area contributed by atoms with E-state index in [1.807, 2.05) is 0 Å². The Hall–Kier alpha value is -0.770. The van der Waals surface area contributed by atoms with Gasteiger partial charge in [-0.15, -0.1) is 0 Å². The topological polar surface area (TPSA) is 43.8 Å². The number of rotatable bonds is 0. The second-order valence-electron chi connectivity index (χ2n) is 30.0. The van der Waals surface area contributed by atoms with Crippen molar-refractivity contribution in [2.45, 2.75) is 256 Å². The lowest BCUT2D eigenvalue weighted by atomic mass is 9.22. The first-order valence-electron chi connectivity index (χ1n) is 22.0. The van der Waals surface area contributed by atoms with Gasteiger partial charge in [-0.1, -0.05) is 208 Å². The van der Waals surface area contributed by atoms with Crippen LogP contribution in [0.3, 0.4) is 0 Å². The zero-order chi connectivity index (χ0) is 45.2. The first-order chi connectivity index (χ1) is 23.2. The minimum atomic E-state index is -1.02. The van der Waals surface area contributed by atoms with E-state index in [1.54, 1.807) is 0 Å². The summed E-state index contributed by atoms with van der Waals surface area (Å²) in [7, 11) is 0. The van der Waals surface area contributed by atoms with Crippen LogP contribution in [-0.4, -0.2) is 48.7 Å². The summed E-state index contributed by atoms with van der Waals surface area (Å²) < 4.78 is 0. The third-order valence-corrected chi connectivity index (χ3v) is 15.9. The number of nitrogens with zero attached hydrogens (tertiary/aromatic N) is 2. The van der Waals surface area contributed by atoms with Gasteiger partial charge in [-0.05, 0) is 74.9 Å². The van der Waals surface area contributed by atoms with Gasteiger partial charge in [-0.2, -0.15) is 0 Å². The van der Waals surface area contributed by atoms with E-state index in [4.69, 9.17) is 0 Å². The molecule has 1 amide bonds. The quantitative estimate of drug-likeness (QED) is 0.267. The van der Waals surface area contributed by atoms with Crippen molar-refractivity contribution in [3.63, 3.8) is 0 Å². The number of likely N-dealkylation sites (tertiary alicyclic amines) is 1. The van der Waals surface area contributed by atoms with Crippen LogP contribution in [-0.2, 0) is 0 Å². The lowest BCUT2D eigenvalue weighted by Crippen LogP contribution is -3.01. The van der Waals surface area contributed by atoms with Gasteiger partial charge in [0.05, 0.1) is 22.2 Å². The molecule has 0 aliphatic carbocycles. The molecule has 0 aromatic carbocycles. The van der Waals surface area contributed by atoms with Gasteiger partial charge in [0.2, 0.25) is 0 Å². The maximum absolute atomic E-state index is 16.1. The molecule has 2 rings (SSSR count). The Morgan fingerprint density at radius 1 is 0.327 bits per heavy atom. The highest BCUT2D eigenvalue weighted by Gasteiger charge is 3.04. The molecule has 55 heavy (non-hydrogen) atoms. The van der Waals surface area contributed by atoms with Crippen molar-refractivity contribution in [3.05, 3.63) is 0 Å². The van der Waals surface area contributed by atoms with Crippen LogP contribution < -0.4 is 0 Å². The summed E-state index contributed by atoms with van der Waals surface area (Å²) in [4.78, 5) is 21.6. The fourth-order valence-electron chi connectivity index (χ4n) is 19.2. The zero-order valence-electron chi connectivity index (χ0n) is 43.7. The van der Waals surface area contributed by atoms with Gasteiger partial charge >= 0.3 is 6.09 Å². The van der Waals surface area contributed by atoms with Crippen LogP contribution in [0.5, 0.6) is 0 Å². The third-order valence-electron chi connectivity index (χ3n) is 15.9. The summed E-state index contributed by atoms with van der Waals surface area (Å²) >= 11 is 0. The van der Waals surface area contributed by atoms with Crippen molar-refractivity contribution in [1.82, 2.24) is 9.80 Å². The molecule has 4 heteroatoms. The molecule has 0 aromatic rings. The Morgan fingerprint density at radius 2 is 0.509 bits per heavy atom. The molecule has 2 atom stereocenters. The van der Waals surface area contributed by atoms with Crippen molar-refractivity contribution in [2.75, 3.05) is 0 Å². The number of hydrogen-bond acceptors (Lipinski definition) is 2. The summed E-state index contributed by atoms with van der Waals surface area (Å²) in [6.45, 7) is 82.0. The number of fused-ring (bicyclic) bond motifs is 2. The molecular formula is C51H100N2O2. The van der Waals surface area contributed by atoms with Gasteiger partial charge in [0.15, 0.2) is 0 Å². The van der Waals surface area contributed by atoms with Gasteiger partial charge in [0, 0.05) is 16.4 Å². The van der Waals surface area contributed by atoms with Crippen molar-refractivity contribution >= 4 is 6.09 Å². The number of hydrogen-bond donors (Lipinski definition) is 1. The molecular weight excluding hydrogens is 673 g/mol. The Bertz CT molecular complexity index is 1310. The minimum absolute atomic E-state index is 0.425. The average Bonchev–Trinajstić information content (AvgIpc) is 2.99. The SMILES string of the molecule is CC(C)(C)N1C(C(C)(C)C)(C(C)(C)C)C2(C(C)(C)C)N(C(=O)O)C(C(C)(C)C)(C1(C(C)(C)C)C(C)(C)C)C(C(C)(C)C)(C(C)(C)C)C2(C(C)(C)C)C(C)(C)C. The molecule has 2 saturated heterocycles. The molecule has 0 radical (unpaired) electrons. The molecule has 0 saturated carbocycles. The van der Waals surface area contributed by atoms with Crippen molar-refractivity contribution in [2.24, 2.45) is 65.0 Å². The van der Waals surface area contributed by atoms with Gasteiger partial charge in [-0.25, -0.2) is 4.79 Å². The second kappa shape index (κ2) is 12.0. The van der Waals surface area contributed by atoms with E-state index in [1.165, 1.54) is 0 Å². The highest BCUT2D eigenvalue weighted by Crippen LogP contribution is 2.96. The van der Waals surface area contributed by atoms with Gasteiger partial charge < -0.3 is 5.11 Å².